The molecule has 0 saturated heterocycles. The topological polar surface area (TPSA) is 59.8 Å². The summed E-state index contributed by atoms with van der Waals surface area (Å²) in [7, 11) is 0. The summed E-state index contributed by atoms with van der Waals surface area (Å²) in [6.45, 7) is 0. The summed E-state index contributed by atoms with van der Waals surface area (Å²) >= 11 is 0. The van der Waals surface area contributed by atoms with Crippen molar-refractivity contribution in [3.05, 3.63) is 108 Å². The van der Waals surface area contributed by atoms with Crippen LogP contribution in [0, 0.1) is 11.8 Å². The average molecular weight is 392 g/mol. The number of aromatic nitrogens is 3. The van der Waals surface area contributed by atoms with Crippen LogP contribution in [0.2, 0.25) is 0 Å². The summed E-state index contributed by atoms with van der Waals surface area (Å²) in [6.07, 6.45) is 6.47. The van der Waals surface area contributed by atoms with Crippen molar-refractivity contribution in [2.75, 3.05) is 5.32 Å². The van der Waals surface area contributed by atoms with Crippen LogP contribution in [0.3, 0.4) is 0 Å². The number of hydrogen-bond donors (Lipinski definition) is 1. The Morgan fingerprint density at radius 3 is 2.67 bits per heavy atom. The minimum absolute atomic E-state index is 0.0442. The fraction of sp³-hybridized carbons (Fsp3) is 0.0800. The molecule has 0 atom stereocenters. The first-order valence-corrected chi connectivity index (χ1v) is 9.68. The molecule has 4 rings (SSSR count). The molecule has 0 aliphatic carbocycles. The quantitative estimate of drug-likeness (QED) is 0.517. The van der Waals surface area contributed by atoms with Gasteiger partial charge in [-0.2, -0.15) is 5.10 Å². The first-order valence-electron chi connectivity index (χ1n) is 9.68. The summed E-state index contributed by atoms with van der Waals surface area (Å²) in [6, 6.07) is 23.0. The van der Waals surface area contributed by atoms with Gasteiger partial charge in [-0.15, -0.1) is 0 Å². The molecule has 0 unspecified atom stereocenters. The van der Waals surface area contributed by atoms with E-state index in [4.69, 9.17) is 0 Å². The molecule has 0 radical (unpaired) electrons. The van der Waals surface area contributed by atoms with Crippen molar-refractivity contribution in [3.63, 3.8) is 0 Å². The average Bonchev–Trinajstić information content (AvgIpc) is 3.27. The van der Waals surface area contributed by atoms with Gasteiger partial charge in [0.1, 0.15) is 5.69 Å². The van der Waals surface area contributed by atoms with Gasteiger partial charge in [0.05, 0.1) is 11.9 Å². The monoisotopic (exact) mass is 392 g/mol. The summed E-state index contributed by atoms with van der Waals surface area (Å²) in [5.41, 5.74) is 4.28. The van der Waals surface area contributed by atoms with Gasteiger partial charge in [0.2, 0.25) is 5.91 Å². The predicted octanol–water partition coefficient (Wildman–Crippen LogP) is 4.24. The molecular formula is C25H20N4O. The number of pyridine rings is 1. The number of nitrogens with one attached hydrogen (secondary N) is 1. The van der Waals surface area contributed by atoms with Crippen LogP contribution in [-0.4, -0.2) is 20.7 Å². The Morgan fingerprint density at radius 2 is 1.83 bits per heavy atom. The molecule has 2 aromatic carbocycles. The summed E-state index contributed by atoms with van der Waals surface area (Å²) in [5.74, 6) is 6.05. The first-order chi connectivity index (χ1) is 14.8. The van der Waals surface area contributed by atoms with E-state index in [0.717, 1.165) is 22.5 Å². The van der Waals surface area contributed by atoms with Crippen LogP contribution in [0.25, 0.3) is 5.69 Å². The van der Waals surface area contributed by atoms with Gasteiger partial charge >= 0.3 is 0 Å². The third-order valence-corrected chi connectivity index (χ3v) is 4.44. The highest BCUT2D eigenvalue weighted by molar-refractivity contribution is 5.91. The number of para-hydroxylation sites is 1. The zero-order valence-electron chi connectivity index (χ0n) is 16.3. The predicted molar refractivity (Wildman–Crippen MR) is 117 cm³/mol. The lowest BCUT2D eigenvalue weighted by atomic mass is 10.1. The second kappa shape index (κ2) is 9.35. The van der Waals surface area contributed by atoms with E-state index in [2.05, 4.69) is 27.2 Å². The lowest BCUT2D eigenvalue weighted by Gasteiger charge is -2.05. The molecule has 0 bridgehead atoms. The molecule has 0 aliphatic heterocycles. The second-order valence-electron chi connectivity index (χ2n) is 6.72. The van der Waals surface area contributed by atoms with Crippen molar-refractivity contribution >= 4 is 11.6 Å². The number of amides is 1. The molecule has 0 spiro atoms. The maximum absolute atomic E-state index is 12.4. The van der Waals surface area contributed by atoms with Crippen LogP contribution in [0.1, 0.15) is 23.2 Å². The number of carbonyl (C=O) groups is 1. The highest BCUT2D eigenvalue weighted by atomic mass is 16.1. The Bertz CT molecular complexity index is 1190. The number of hydrogen-bond acceptors (Lipinski definition) is 3. The van der Waals surface area contributed by atoms with Crippen LogP contribution in [0.5, 0.6) is 0 Å². The number of nitrogens with zero attached hydrogens (tertiary/aromatic N) is 3. The van der Waals surface area contributed by atoms with E-state index in [1.165, 1.54) is 0 Å². The van der Waals surface area contributed by atoms with Gasteiger partial charge in [-0.3, -0.25) is 4.79 Å². The zero-order chi connectivity index (χ0) is 20.6. The molecule has 0 aliphatic rings. The lowest BCUT2D eigenvalue weighted by Crippen LogP contribution is -2.12. The number of benzene rings is 2. The zero-order valence-corrected chi connectivity index (χ0v) is 16.3. The lowest BCUT2D eigenvalue weighted by molar-refractivity contribution is -0.116. The standard InChI is InChI=1S/C25H20N4O/c30-25(15-13-21-18-27-29(19-21)24-10-2-1-3-11-24)28-23-9-6-7-20(17-23)12-14-22-8-4-5-16-26-22/h1-11,16-19H,13,15H2,(H,28,30). The summed E-state index contributed by atoms with van der Waals surface area (Å²) in [4.78, 5) is 16.6. The first kappa shape index (κ1) is 19.2. The van der Waals surface area contributed by atoms with Crippen molar-refractivity contribution in [3.8, 4) is 17.5 Å². The maximum Gasteiger partial charge on any atom is 0.224 e. The van der Waals surface area contributed by atoms with E-state index < -0.39 is 0 Å². The van der Waals surface area contributed by atoms with Gasteiger partial charge in [-0.05, 0) is 60.4 Å². The molecule has 2 aromatic heterocycles. The molecule has 5 nitrogen and oxygen atoms in total. The van der Waals surface area contributed by atoms with Crippen LogP contribution >= 0.6 is 0 Å². The maximum atomic E-state index is 12.4. The molecule has 0 saturated carbocycles. The van der Waals surface area contributed by atoms with Crippen molar-refractivity contribution < 1.29 is 4.79 Å². The van der Waals surface area contributed by atoms with Crippen LogP contribution in [0.4, 0.5) is 5.69 Å². The Balaban J connectivity index is 1.34. The summed E-state index contributed by atoms with van der Waals surface area (Å²) in [5, 5.41) is 7.31. The van der Waals surface area contributed by atoms with Gasteiger partial charge in [0.15, 0.2) is 0 Å². The van der Waals surface area contributed by atoms with E-state index in [0.29, 0.717) is 18.5 Å². The van der Waals surface area contributed by atoms with E-state index >= 15 is 0 Å². The smallest absolute Gasteiger partial charge is 0.224 e. The Kier molecular flexibility index (Phi) is 5.97. The third-order valence-electron chi connectivity index (χ3n) is 4.44. The minimum atomic E-state index is -0.0442. The number of carbonyl (C=O) groups excluding carboxylic acids is 1. The highest BCUT2D eigenvalue weighted by Crippen LogP contribution is 2.12. The van der Waals surface area contributed by atoms with E-state index in [9.17, 15) is 4.79 Å². The van der Waals surface area contributed by atoms with Crippen LogP contribution in [0.15, 0.2) is 91.4 Å². The molecule has 5 heteroatoms. The number of rotatable bonds is 5. The van der Waals surface area contributed by atoms with Gasteiger partial charge in [-0.25, -0.2) is 9.67 Å². The van der Waals surface area contributed by atoms with Gasteiger partial charge in [-0.1, -0.05) is 36.3 Å². The number of aryl methyl sites for hydroxylation is 1. The third kappa shape index (κ3) is 5.21. The van der Waals surface area contributed by atoms with Crippen molar-refractivity contribution in [2.24, 2.45) is 0 Å². The van der Waals surface area contributed by atoms with E-state index in [-0.39, 0.29) is 5.91 Å². The Hall–Kier alpha value is -4.17. The van der Waals surface area contributed by atoms with Crippen LogP contribution < -0.4 is 5.32 Å². The fourth-order valence-electron chi connectivity index (χ4n) is 2.94. The minimum Gasteiger partial charge on any atom is -0.326 e. The normalized spacial score (nSPS) is 10.1. The molecule has 1 amide bonds. The van der Waals surface area contributed by atoms with Crippen molar-refractivity contribution in [1.82, 2.24) is 14.8 Å². The molecular weight excluding hydrogens is 372 g/mol. The molecule has 30 heavy (non-hydrogen) atoms. The van der Waals surface area contributed by atoms with E-state index in [1.807, 2.05) is 83.7 Å². The van der Waals surface area contributed by atoms with Gasteiger partial charge in [0.25, 0.3) is 0 Å². The van der Waals surface area contributed by atoms with Crippen molar-refractivity contribution in [2.45, 2.75) is 12.8 Å². The molecule has 146 valence electrons. The largest absolute Gasteiger partial charge is 0.326 e. The SMILES string of the molecule is O=C(CCc1cnn(-c2ccccc2)c1)Nc1cccc(C#Cc2ccccn2)c1. The van der Waals surface area contributed by atoms with Crippen LogP contribution in [-0.2, 0) is 11.2 Å². The molecule has 0 fully saturated rings. The number of anilines is 1. The highest BCUT2D eigenvalue weighted by Gasteiger charge is 2.06. The fourth-order valence-corrected chi connectivity index (χ4v) is 2.94. The Morgan fingerprint density at radius 1 is 0.967 bits per heavy atom. The molecule has 1 N–H and O–H groups in total. The molecule has 4 aromatic rings. The molecule has 2 heterocycles. The van der Waals surface area contributed by atoms with E-state index in [1.54, 1.807) is 12.4 Å². The second-order valence-corrected chi connectivity index (χ2v) is 6.72. The van der Waals surface area contributed by atoms with Gasteiger partial charge in [0, 0.05) is 30.1 Å². The summed E-state index contributed by atoms with van der Waals surface area (Å²) < 4.78 is 1.82. The van der Waals surface area contributed by atoms with Crippen molar-refractivity contribution in [1.29, 1.82) is 0 Å². The Labute approximate surface area is 175 Å². The van der Waals surface area contributed by atoms with Gasteiger partial charge < -0.3 is 5.32 Å².